The van der Waals surface area contributed by atoms with E-state index in [-0.39, 0.29) is 6.03 Å². The van der Waals surface area contributed by atoms with Crippen molar-refractivity contribution in [3.63, 3.8) is 0 Å². The maximum atomic E-state index is 12.5. The first kappa shape index (κ1) is 19.0. The largest absolute Gasteiger partial charge is 0.329 e. The number of anilines is 1. The van der Waals surface area contributed by atoms with Crippen molar-refractivity contribution in [1.29, 1.82) is 0 Å². The Balaban J connectivity index is 1.76. The van der Waals surface area contributed by atoms with Crippen molar-refractivity contribution in [3.05, 3.63) is 88.9 Å². The lowest BCUT2D eigenvalue weighted by atomic mass is 9.91. The highest BCUT2D eigenvalue weighted by Gasteiger charge is 2.23. The Hall–Kier alpha value is -2.78. The average molecular weight is 379 g/mol. The molecule has 3 aromatic carbocycles. The molecule has 0 aliphatic rings. The van der Waals surface area contributed by atoms with E-state index < -0.39 is 5.54 Å². The van der Waals surface area contributed by atoms with E-state index in [1.165, 1.54) is 0 Å². The minimum Gasteiger partial charge on any atom is -0.329 e. The molecule has 3 aromatic rings. The van der Waals surface area contributed by atoms with Gasteiger partial charge in [0, 0.05) is 10.7 Å². The molecule has 138 valence electrons. The molecule has 3 rings (SSSR count). The number of carbonyl (C=O) groups excluding carboxylic acids is 1. The standard InChI is InChI=1S/C23H23ClN2O/c1-16-12-13-20(15-21(16)24)25-22(27)26-23(2,3)19-11-7-10-18(14-19)17-8-5-4-6-9-17/h4-15H,1-3H3,(H2,25,26,27). The van der Waals surface area contributed by atoms with Crippen molar-refractivity contribution in [2.24, 2.45) is 0 Å². The van der Waals surface area contributed by atoms with E-state index in [9.17, 15) is 4.79 Å². The number of aryl methyl sites for hydroxylation is 1. The molecule has 0 fully saturated rings. The number of benzene rings is 3. The summed E-state index contributed by atoms with van der Waals surface area (Å²) in [6.45, 7) is 5.90. The van der Waals surface area contributed by atoms with Crippen LogP contribution in [-0.4, -0.2) is 6.03 Å². The van der Waals surface area contributed by atoms with E-state index in [4.69, 9.17) is 11.6 Å². The Morgan fingerprint density at radius 1 is 0.889 bits per heavy atom. The normalized spacial score (nSPS) is 11.1. The molecule has 0 saturated heterocycles. The summed E-state index contributed by atoms with van der Waals surface area (Å²) in [6, 6.07) is 23.6. The van der Waals surface area contributed by atoms with Gasteiger partial charge in [-0.2, -0.15) is 0 Å². The number of halogens is 1. The number of carbonyl (C=O) groups is 1. The Labute approximate surface area is 165 Å². The summed E-state index contributed by atoms with van der Waals surface area (Å²) in [5.74, 6) is 0. The molecular weight excluding hydrogens is 356 g/mol. The maximum Gasteiger partial charge on any atom is 0.319 e. The van der Waals surface area contributed by atoms with E-state index >= 15 is 0 Å². The maximum absolute atomic E-state index is 12.5. The highest BCUT2D eigenvalue weighted by atomic mass is 35.5. The van der Waals surface area contributed by atoms with Gasteiger partial charge >= 0.3 is 6.03 Å². The Kier molecular flexibility index (Phi) is 5.52. The smallest absolute Gasteiger partial charge is 0.319 e. The van der Waals surface area contributed by atoms with Gasteiger partial charge in [-0.05, 0) is 61.2 Å². The average Bonchev–Trinajstić information content (AvgIpc) is 2.65. The van der Waals surface area contributed by atoms with Crippen LogP contribution in [0.4, 0.5) is 10.5 Å². The second-order valence-electron chi connectivity index (χ2n) is 7.11. The molecule has 0 bridgehead atoms. The van der Waals surface area contributed by atoms with Crippen LogP contribution in [0, 0.1) is 6.92 Å². The fourth-order valence-electron chi connectivity index (χ4n) is 2.91. The number of urea groups is 1. The molecule has 0 spiro atoms. The Morgan fingerprint density at radius 2 is 1.59 bits per heavy atom. The summed E-state index contributed by atoms with van der Waals surface area (Å²) in [7, 11) is 0. The zero-order valence-electron chi connectivity index (χ0n) is 15.7. The first-order valence-corrected chi connectivity index (χ1v) is 9.24. The third-order valence-electron chi connectivity index (χ3n) is 4.55. The van der Waals surface area contributed by atoms with Crippen LogP contribution >= 0.6 is 11.6 Å². The van der Waals surface area contributed by atoms with Gasteiger partial charge in [-0.25, -0.2) is 4.79 Å². The minimum atomic E-state index is -0.538. The van der Waals surface area contributed by atoms with Gasteiger partial charge in [0.1, 0.15) is 0 Å². The molecule has 2 amide bonds. The van der Waals surface area contributed by atoms with E-state index in [0.717, 1.165) is 22.3 Å². The minimum absolute atomic E-state index is 0.273. The molecule has 0 radical (unpaired) electrons. The Bertz CT molecular complexity index is 952. The van der Waals surface area contributed by atoms with Gasteiger partial charge in [0.2, 0.25) is 0 Å². The lowest BCUT2D eigenvalue weighted by Crippen LogP contribution is -2.43. The second-order valence-corrected chi connectivity index (χ2v) is 7.52. The van der Waals surface area contributed by atoms with Crippen LogP contribution in [0.5, 0.6) is 0 Å². The summed E-state index contributed by atoms with van der Waals surface area (Å²) < 4.78 is 0. The number of hydrogen-bond donors (Lipinski definition) is 2. The fourth-order valence-corrected chi connectivity index (χ4v) is 3.09. The zero-order chi connectivity index (χ0) is 19.4. The predicted molar refractivity (Wildman–Crippen MR) is 113 cm³/mol. The first-order valence-electron chi connectivity index (χ1n) is 8.86. The van der Waals surface area contributed by atoms with Crippen molar-refractivity contribution in [1.82, 2.24) is 5.32 Å². The third kappa shape index (κ3) is 4.69. The van der Waals surface area contributed by atoms with Gasteiger partial charge in [0.05, 0.1) is 5.54 Å². The van der Waals surface area contributed by atoms with Gasteiger partial charge in [-0.3, -0.25) is 0 Å². The summed E-state index contributed by atoms with van der Waals surface area (Å²) in [4.78, 5) is 12.5. The highest BCUT2D eigenvalue weighted by molar-refractivity contribution is 6.31. The molecule has 0 heterocycles. The number of amides is 2. The molecule has 0 aliphatic heterocycles. The topological polar surface area (TPSA) is 41.1 Å². The van der Waals surface area contributed by atoms with Crippen LogP contribution in [0.1, 0.15) is 25.0 Å². The molecule has 0 unspecified atom stereocenters. The van der Waals surface area contributed by atoms with Crippen molar-refractivity contribution in [3.8, 4) is 11.1 Å². The van der Waals surface area contributed by atoms with Crippen molar-refractivity contribution >= 4 is 23.3 Å². The number of hydrogen-bond acceptors (Lipinski definition) is 1. The molecule has 4 heteroatoms. The van der Waals surface area contributed by atoms with Crippen molar-refractivity contribution < 1.29 is 4.79 Å². The summed E-state index contributed by atoms with van der Waals surface area (Å²) in [5, 5.41) is 6.52. The van der Waals surface area contributed by atoms with Gasteiger partial charge in [0.15, 0.2) is 0 Å². The molecule has 0 saturated carbocycles. The quantitative estimate of drug-likeness (QED) is 0.543. The van der Waals surface area contributed by atoms with E-state index in [1.807, 2.05) is 63.2 Å². The molecule has 0 aliphatic carbocycles. The Morgan fingerprint density at radius 3 is 2.30 bits per heavy atom. The van der Waals surface area contributed by atoms with Crippen molar-refractivity contribution in [2.45, 2.75) is 26.3 Å². The SMILES string of the molecule is Cc1ccc(NC(=O)NC(C)(C)c2cccc(-c3ccccc3)c2)cc1Cl. The fraction of sp³-hybridized carbons (Fsp3) is 0.174. The third-order valence-corrected chi connectivity index (χ3v) is 4.95. The molecular formula is C23H23ClN2O. The number of rotatable bonds is 4. The van der Waals surface area contributed by atoms with E-state index in [2.05, 4.69) is 34.9 Å². The lowest BCUT2D eigenvalue weighted by molar-refractivity contribution is 0.242. The van der Waals surface area contributed by atoms with E-state index in [0.29, 0.717) is 10.7 Å². The van der Waals surface area contributed by atoms with Gasteiger partial charge in [0.25, 0.3) is 0 Å². The monoisotopic (exact) mass is 378 g/mol. The predicted octanol–water partition coefficient (Wildman–Crippen LogP) is 6.37. The van der Waals surface area contributed by atoms with Crippen LogP contribution in [-0.2, 0) is 5.54 Å². The molecule has 0 aromatic heterocycles. The highest BCUT2D eigenvalue weighted by Crippen LogP contribution is 2.27. The lowest BCUT2D eigenvalue weighted by Gasteiger charge is -2.27. The van der Waals surface area contributed by atoms with Crippen LogP contribution < -0.4 is 10.6 Å². The molecule has 3 nitrogen and oxygen atoms in total. The first-order chi connectivity index (χ1) is 12.8. The van der Waals surface area contributed by atoms with Crippen LogP contribution in [0.3, 0.4) is 0 Å². The van der Waals surface area contributed by atoms with Crippen molar-refractivity contribution in [2.75, 3.05) is 5.32 Å². The van der Waals surface area contributed by atoms with Crippen LogP contribution in [0.25, 0.3) is 11.1 Å². The molecule has 27 heavy (non-hydrogen) atoms. The summed E-state index contributed by atoms with van der Waals surface area (Å²) >= 11 is 6.13. The van der Waals surface area contributed by atoms with Gasteiger partial charge in [-0.1, -0.05) is 66.2 Å². The van der Waals surface area contributed by atoms with Crippen LogP contribution in [0.2, 0.25) is 5.02 Å². The number of nitrogens with one attached hydrogen (secondary N) is 2. The van der Waals surface area contributed by atoms with Gasteiger partial charge < -0.3 is 10.6 Å². The van der Waals surface area contributed by atoms with Gasteiger partial charge in [-0.15, -0.1) is 0 Å². The summed E-state index contributed by atoms with van der Waals surface area (Å²) in [5.41, 5.74) is 4.39. The summed E-state index contributed by atoms with van der Waals surface area (Å²) in [6.07, 6.45) is 0. The van der Waals surface area contributed by atoms with E-state index in [1.54, 1.807) is 6.07 Å². The van der Waals surface area contributed by atoms with Crippen LogP contribution in [0.15, 0.2) is 72.8 Å². The second kappa shape index (κ2) is 7.85. The zero-order valence-corrected chi connectivity index (χ0v) is 16.5. The molecule has 2 N–H and O–H groups in total. The molecule has 0 atom stereocenters.